The zero-order chi connectivity index (χ0) is 15.6. The van der Waals surface area contributed by atoms with Gasteiger partial charge in [-0.2, -0.15) is 0 Å². The molecule has 3 rings (SSSR count). The van der Waals surface area contributed by atoms with Crippen molar-refractivity contribution in [3.8, 4) is 0 Å². The van der Waals surface area contributed by atoms with Crippen molar-refractivity contribution < 1.29 is 23.9 Å². The summed E-state index contributed by atoms with van der Waals surface area (Å²) in [4.78, 5) is 35.6. The van der Waals surface area contributed by atoms with Crippen LogP contribution in [0, 0.1) is 17.3 Å². The zero-order valence-corrected chi connectivity index (χ0v) is 13.0. The Kier molecular flexibility index (Phi) is 3.07. The maximum Gasteiger partial charge on any atom is 0.302 e. The third-order valence-electron chi connectivity index (χ3n) is 5.99. The number of ketones is 2. The Morgan fingerprint density at radius 3 is 2.57 bits per heavy atom. The summed E-state index contributed by atoms with van der Waals surface area (Å²) in [6, 6.07) is 0. The van der Waals surface area contributed by atoms with Crippen LogP contribution in [0.5, 0.6) is 0 Å². The van der Waals surface area contributed by atoms with Crippen molar-refractivity contribution in [2.75, 3.05) is 0 Å². The minimum absolute atomic E-state index is 0.0302. The lowest BCUT2D eigenvalue weighted by Crippen LogP contribution is -2.60. The number of ether oxygens (including phenoxy) is 2. The van der Waals surface area contributed by atoms with Gasteiger partial charge < -0.3 is 9.47 Å². The van der Waals surface area contributed by atoms with E-state index < -0.39 is 16.9 Å². The van der Waals surface area contributed by atoms with Crippen LogP contribution in [0.2, 0.25) is 0 Å². The molecule has 0 amide bonds. The average Bonchev–Trinajstić information content (AvgIpc) is 3.08. The van der Waals surface area contributed by atoms with Gasteiger partial charge in [0, 0.05) is 18.8 Å². The van der Waals surface area contributed by atoms with Crippen LogP contribution in [0.3, 0.4) is 0 Å². The molecule has 0 N–H and O–H groups in total. The predicted octanol–water partition coefficient (Wildman–Crippen LogP) is 1.67. The van der Waals surface area contributed by atoms with E-state index in [4.69, 9.17) is 9.47 Å². The van der Waals surface area contributed by atoms with Gasteiger partial charge in [0.05, 0.1) is 5.92 Å². The molecule has 21 heavy (non-hydrogen) atoms. The SMILES string of the molecule is CC(=O)OC1CC(C)C2(C)C(C(C)=O)C(=O)CCC23OC13. The first kappa shape index (κ1) is 14.7. The highest BCUT2D eigenvalue weighted by Crippen LogP contribution is 2.68. The fraction of sp³-hybridized carbons (Fsp3) is 0.812. The second kappa shape index (κ2) is 4.38. The summed E-state index contributed by atoms with van der Waals surface area (Å²) in [5.74, 6) is -0.865. The van der Waals surface area contributed by atoms with E-state index in [0.717, 1.165) is 0 Å². The number of Topliss-reactive ketones (excluding diaryl/α,β-unsaturated/α-hetero) is 2. The summed E-state index contributed by atoms with van der Waals surface area (Å²) in [6.45, 7) is 6.93. The number of carbonyl (C=O) groups is 3. The molecule has 6 atom stereocenters. The van der Waals surface area contributed by atoms with Gasteiger partial charge in [0.1, 0.15) is 29.4 Å². The molecule has 3 fully saturated rings. The Morgan fingerprint density at radius 1 is 1.33 bits per heavy atom. The van der Waals surface area contributed by atoms with E-state index in [9.17, 15) is 14.4 Å². The van der Waals surface area contributed by atoms with Gasteiger partial charge in [-0.15, -0.1) is 0 Å². The first-order valence-electron chi connectivity index (χ1n) is 7.62. The summed E-state index contributed by atoms with van der Waals surface area (Å²) >= 11 is 0. The van der Waals surface area contributed by atoms with Crippen molar-refractivity contribution in [1.29, 1.82) is 0 Å². The molecule has 0 bridgehead atoms. The molecular weight excluding hydrogens is 272 g/mol. The van der Waals surface area contributed by atoms with Gasteiger partial charge in [-0.05, 0) is 25.7 Å². The highest BCUT2D eigenvalue weighted by atomic mass is 16.6. The van der Waals surface area contributed by atoms with Crippen LogP contribution in [-0.4, -0.2) is 35.3 Å². The normalized spacial score (nSPS) is 48.1. The van der Waals surface area contributed by atoms with Crippen LogP contribution >= 0.6 is 0 Å². The highest BCUT2D eigenvalue weighted by Gasteiger charge is 2.78. The van der Waals surface area contributed by atoms with Crippen LogP contribution < -0.4 is 0 Å². The topological polar surface area (TPSA) is 73.0 Å². The molecule has 1 spiro atoms. The molecular formula is C16H22O5. The van der Waals surface area contributed by atoms with Crippen LogP contribution in [0.15, 0.2) is 0 Å². The van der Waals surface area contributed by atoms with E-state index in [1.54, 1.807) is 0 Å². The number of hydrogen-bond donors (Lipinski definition) is 0. The Labute approximate surface area is 124 Å². The minimum Gasteiger partial charge on any atom is -0.460 e. The van der Waals surface area contributed by atoms with Crippen molar-refractivity contribution in [2.45, 2.75) is 64.8 Å². The molecule has 0 aromatic carbocycles. The Bertz CT molecular complexity index is 527. The van der Waals surface area contributed by atoms with Gasteiger partial charge in [0.15, 0.2) is 0 Å². The van der Waals surface area contributed by atoms with Crippen molar-refractivity contribution in [3.63, 3.8) is 0 Å². The van der Waals surface area contributed by atoms with E-state index in [-0.39, 0.29) is 35.7 Å². The predicted molar refractivity (Wildman–Crippen MR) is 73.5 cm³/mol. The number of carbonyl (C=O) groups excluding carboxylic acids is 3. The van der Waals surface area contributed by atoms with E-state index in [0.29, 0.717) is 19.3 Å². The third kappa shape index (κ3) is 1.76. The molecule has 0 aromatic heterocycles. The summed E-state index contributed by atoms with van der Waals surface area (Å²) < 4.78 is 11.4. The molecule has 0 radical (unpaired) electrons. The van der Waals surface area contributed by atoms with Gasteiger partial charge in [-0.25, -0.2) is 0 Å². The lowest BCUT2D eigenvalue weighted by Gasteiger charge is -2.51. The number of esters is 1. The lowest BCUT2D eigenvalue weighted by molar-refractivity contribution is -0.158. The van der Waals surface area contributed by atoms with Crippen molar-refractivity contribution in [2.24, 2.45) is 17.3 Å². The van der Waals surface area contributed by atoms with Gasteiger partial charge in [-0.1, -0.05) is 13.8 Å². The fourth-order valence-electron chi connectivity index (χ4n) is 4.90. The molecule has 3 aliphatic rings. The minimum atomic E-state index is -0.593. The molecule has 2 aliphatic carbocycles. The fourth-order valence-corrected chi connectivity index (χ4v) is 4.90. The molecule has 1 saturated heterocycles. The first-order chi connectivity index (χ1) is 9.74. The van der Waals surface area contributed by atoms with E-state index in [2.05, 4.69) is 0 Å². The average molecular weight is 294 g/mol. The second-order valence-corrected chi connectivity index (χ2v) is 7.01. The van der Waals surface area contributed by atoms with Crippen LogP contribution in [0.25, 0.3) is 0 Å². The molecule has 1 heterocycles. The lowest BCUT2D eigenvalue weighted by atomic mass is 9.49. The maximum atomic E-state index is 12.3. The Balaban J connectivity index is 1.98. The second-order valence-electron chi connectivity index (χ2n) is 7.01. The first-order valence-corrected chi connectivity index (χ1v) is 7.62. The maximum absolute atomic E-state index is 12.3. The monoisotopic (exact) mass is 294 g/mol. The van der Waals surface area contributed by atoms with Gasteiger partial charge in [0.25, 0.3) is 0 Å². The van der Waals surface area contributed by atoms with Crippen molar-refractivity contribution in [1.82, 2.24) is 0 Å². The number of epoxide rings is 1. The van der Waals surface area contributed by atoms with E-state index >= 15 is 0 Å². The largest absolute Gasteiger partial charge is 0.460 e. The number of hydrogen-bond acceptors (Lipinski definition) is 5. The van der Waals surface area contributed by atoms with Crippen LogP contribution in [0.1, 0.15) is 47.0 Å². The zero-order valence-electron chi connectivity index (χ0n) is 13.0. The van der Waals surface area contributed by atoms with E-state index in [1.165, 1.54) is 13.8 Å². The van der Waals surface area contributed by atoms with Crippen molar-refractivity contribution in [3.05, 3.63) is 0 Å². The van der Waals surface area contributed by atoms with Gasteiger partial charge >= 0.3 is 5.97 Å². The smallest absolute Gasteiger partial charge is 0.302 e. The van der Waals surface area contributed by atoms with Gasteiger partial charge in [0.2, 0.25) is 0 Å². The van der Waals surface area contributed by atoms with E-state index in [1.807, 2.05) is 13.8 Å². The molecule has 0 aromatic rings. The van der Waals surface area contributed by atoms with Crippen LogP contribution in [-0.2, 0) is 23.9 Å². The molecule has 6 unspecified atom stereocenters. The Hall–Kier alpha value is -1.23. The molecule has 5 heteroatoms. The summed E-state index contributed by atoms with van der Waals surface area (Å²) in [5.41, 5.74) is -0.968. The summed E-state index contributed by atoms with van der Waals surface area (Å²) in [5, 5.41) is 0. The number of rotatable bonds is 2. The Morgan fingerprint density at radius 2 is 2.00 bits per heavy atom. The molecule has 2 saturated carbocycles. The summed E-state index contributed by atoms with van der Waals surface area (Å²) in [6.07, 6.45) is 1.21. The molecule has 1 aliphatic heterocycles. The molecule has 5 nitrogen and oxygen atoms in total. The van der Waals surface area contributed by atoms with Gasteiger partial charge in [-0.3, -0.25) is 14.4 Å². The highest BCUT2D eigenvalue weighted by molar-refractivity contribution is 6.03. The summed E-state index contributed by atoms with van der Waals surface area (Å²) in [7, 11) is 0. The quantitative estimate of drug-likeness (QED) is 0.440. The molecule has 116 valence electrons. The van der Waals surface area contributed by atoms with Crippen molar-refractivity contribution >= 4 is 17.5 Å². The van der Waals surface area contributed by atoms with Crippen LogP contribution in [0.4, 0.5) is 0 Å². The standard InChI is InChI=1S/C16H22O5/c1-8-7-12(20-10(3)18)14-16(21-14)6-5-11(19)13(9(2)17)15(8,16)4/h8,12-14H,5-7H2,1-4H3. The third-order valence-corrected chi connectivity index (χ3v) is 5.99.